The van der Waals surface area contributed by atoms with E-state index >= 15 is 0 Å². The predicted octanol–water partition coefficient (Wildman–Crippen LogP) is 2.17. The van der Waals surface area contributed by atoms with Crippen LogP contribution in [0.2, 0.25) is 0 Å². The van der Waals surface area contributed by atoms with Gasteiger partial charge in [-0.15, -0.1) is 0 Å². The van der Waals surface area contributed by atoms with E-state index in [1.165, 1.54) is 12.1 Å². The van der Waals surface area contributed by atoms with E-state index in [1.807, 2.05) is 0 Å². The predicted molar refractivity (Wildman–Crippen MR) is 67.8 cm³/mol. The first-order valence-electron chi connectivity index (χ1n) is 5.71. The van der Waals surface area contributed by atoms with E-state index in [1.54, 1.807) is 36.7 Å². The summed E-state index contributed by atoms with van der Waals surface area (Å²) >= 11 is 0. The molecule has 2 aromatic rings. The first-order chi connectivity index (χ1) is 9.24. The van der Waals surface area contributed by atoms with Crippen LogP contribution in [-0.4, -0.2) is 11.5 Å². The summed E-state index contributed by atoms with van der Waals surface area (Å²) < 4.78 is 19.1. The lowest BCUT2D eigenvalue weighted by molar-refractivity contribution is 0.213. The molecule has 0 fully saturated rings. The third kappa shape index (κ3) is 3.06. The summed E-state index contributed by atoms with van der Waals surface area (Å²) in [6.45, 7) is 0.256. The minimum absolute atomic E-state index is 0.0134. The summed E-state index contributed by atoms with van der Waals surface area (Å²) in [6, 6.07) is 9.45. The summed E-state index contributed by atoms with van der Waals surface area (Å²) in [4.78, 5) is 3.91. The highest BCUT2D eigenvalue weighted by Gasteiger charge is 2.12. The average Bonchev–Trinajstić information content (AvgIpc) is 2.46. The van der Waals surface area contributed by atoms with Crippen LogP contribution in [0.4, 0.5) is 4.39 Å². The van der Waals surface area contributed by atoms with Gasteiger partial charge in [0.2, 0.25) is 0 Å². The van der Waals surface area contributed by atoms with Crippen molar-refractivity contribution in [3.8, 4) is 11.8 Å². The van der Waals surface area contributed by atoms with Crippen molar-refractivity contribution in [1.29, 1.82) is 5.26 Å². The third-order valence-electron chi connectivity index (χ3n) is 2.63. The Labute approximate surface area is 110 Å². The number of nitrogens with two attached hydrogens (primary N) is 1. The molecular weight excluding hydrogens is 245 g/mol. The van der Waals surface area contributed by atoms with Gasteiger partial charge in [0.15, 0.2) is 0 Å². The smallest absolute Gasteiger partial charge is 0.144 e. The molecule has 1 unspecified atom stereocenters. The van der Waals surface area contributed by atoms with Gasteiger partial charge in [-0.1, -0.05) is 0 Å². The van der Waals surface area contributed by atoms with Gasteiger partial charge in [0.25, 0.3) is 0 Å². The topological polar surface area (TPSA) is 71.9 Å². The van der Waals surface area contributed by atoms with Gasteiger partial charge in [-0.3, -0.25) is 4.98 Å². The number of hydrogen-bond acceptors (Lipinski definition) is 4. The van der Waals surface area contributed by atoms with Gasteiger partial charge in [-0.25, -0.2) is 4.39 Å². The zero-order valence-electron chi connectivity index (χ0n) is 10.1. The average molecular weight is 257 g/mol. The van der Waals surface area contributed by atoms with Crippen LogP contribution in [0.15, 0.2) is 42.7 Å². The van der Waals surface area contributed by atoms with Gasteiger partial charge >= 0.3 is 0 Å². The SMILES string of the molecule is N#Cc1ccc(OC(CN)c2ccncc2)cc1F. The summed E-state index contributed by atoms with van der Waals surface area (Å²) in [6.07, 6.45) is 2.90. The number of ether oxygens (including phenoxy) is 1. The van der Waals surface area contributed by atoms with Crippen LogP contribution >= 0.6 is 0 Å². The van der Waals surface area contributed by atoms with E-state index in [0.717, 1.165) is 5.56 Å². The maximum Gasteiger partial charge on any atom is 0.144 e. The number of aromatic nitrogens is 1. The molecule has 0 bridgehead atoms. The van der Waals surface area contributed by atoms with Crippen molar-refractivity contribution in [2.24, 2.45) is 5.73 Å². The van der Waals surface area contributed by atoms with E-state index in [0.29, 0.717) is 5.75 Å². The Morgan fingerprint density at radius 3 is 2.63 bits per heavy atom. The number of halogens is 1. The van der Waals surface area contributed by atoms with Crippen molar-refractivity contribution in [3.63, 3.8) is 0 Å². The lowest BCUT2D eigenvalue weighted by atomic mass is 10.1. The van der Waals surface area contributed by atoms with Crippen LogP contribution in [0.1, 0.15) is 17.2 Å². The highest BCUT2D eigenvalue weighted by Crippen LogP contribution is 2.22. The minimum Gasteiger partial charge on any atom is -0.484 e. The number of nitrogens with zero attached hydrogens (tertiary/aromatic N) is 2. The summed E-state index contributed by atoms with van der Waals surface area (Å²) in [5, 5.41) is 8.66. The minimum atomic E-state index is -0.606. The molecule has 0 aliphatic carbocycles. The Balaban J connectivity index is 2.20. The standard InChI is InChI=1S/C14H12FN3O/c15-13-7-12(2-1-11(13)8-16)19-14(9-17)10-3-5-18-6-4-10/h1-7,14H,9,17H2. The maximum absolute atomic E-state index is 13.5. The number of benzene rings is 1. The monoisotopic (exact) mass is 257 g/mol. The molecular formula is C14H12FN3O. The molecule has 0 aliphatic heterocycles. The zero-order chi connectivity index (χ0) is 13.7. The van der Waals surface area contributed by atoms with Gasteiger partial charge in [-0.2, -0.15) is 5.26 Å². The number of hydrogen-bond donors (Lipinski definition) is 1. The second-order valence-corrected chi connectivity index (χ2v) is 3.88. The molecule has 1 atom stereocenters. The van der Waals surface area contributed by atoms with Crippen molar-refractivity contribution in [2.75, 3.05) is 6.54 Å². The molecule has 1 heterocycles. The fraction of sp³-hybridized carbons (Fsp3) is 0.143. The van der Waals surface area contributed by atoms with Crippen molar-refractivity contribution in [2.45, 2.75) is 6.10 Å². The van der Waals surface area contributed by atoms with Crippen LogP contribution in [0.25, 0.3) is 0 Å². The number of nitriles is 1. The van der Waals surface area contributed by atoms with Crippen molar-refractivity contribution in [3.05, 3.63) is 59.7 Å². The van der Waals surface area contributed by atoms with Crippen LogP contribution < -0.4 is 10.5 Å². The van der Waals surface area contributed by atoms with Gasteiger partial charge in [-0.05, 0) is 29.8 Å². The molecule has 1 aromatic carbocycles. The Kier molecular flexibility index (Phi) is 4.06. The largest absolute Gasteiger partial charge is 0.484 e. The Bertz CT molecular complexity index is 595. The molecule has 0 saturated heterocycles. The fourth-order valence-electron chi connectivity index (χ4n) is 1.65. The molecule has 0 radical (unpaired) electrons. The number of pyridine rings is 1. The number of rotatable bonds is 4. The lowest BCUT2D eigenvalue weighted by Crippen LogP contribution is -2.18. The molecule has 96 valence electrons. The highest BCUT2D eigenvalue weighted by atomic mass is 19.1. The van der Waals surface area contributed by atoms with Crippen LogP contribution in [0.3, 0.4) is 0 Å². The van der Waals surface area contributed by atoms with Crippen molar-refractivity contribution >= 4 is 0 Å². The van der Waals surface area contributed by atoms with Gasteiger partial charge < -0.3 is 10.5 Å². The van der Waals surface area contributed by atoms with Gasteiger partial charge in [0.1, 0.15) is 23.7 Å². The van der Waals surface area contributed by atoms with Crippen LogP contribution in [-0.2, 0) is 0 Å². The quantitative estimate of drug-likeness (QED) is 0.911. The molecule has 19 heavy (non-hydrogen) atoms. The van der Waals surface area contributed by atoms with Crippen molar-refractivity contribution < 1.29 is 9.13 Å². The molecule has 0 aliphatic rings. The molecule has 2 N–H and O–H groups in total. The first-order valence-corrected chi connectivity index (χ1v) is 5.71. The zero-order valence-corrected chi connectivity index (χ0v) is 10.1. The first kappa shape index (κ1) is 13.0. The van der Waals surface area contributed by atoms with Crippen LogP contribution in [0.5, 0.6) is 5.75 Å². The molecule has 5 heteroatoms. The van der Waals surface area contributed by atoms with E-state index in [2.05, 4.69) is 4.98 Å². The van der Waals surface area contributed by atoms with Crippen LogP contribution in [0, 0.1) is 17.1 Å². The van der Waals surface area contributed by atoms with Crippen molar-refractivity contribution in [1.82, 2.24) is 4.98 Å². The fourth-order valence-corrected chi connectivity index (χ4v) is 1.65. The summed E-state index contributed by atoms with van der Waals surface area (Å²) in [5.41, 5.74) is 6.51. The summed E-state index contributed by atoms with van der Waals surface area (Å²) in [7, 11) is 0. The Hall–Kier alpha value is -2.45. The van der Waals surface area contributed by atoms with E-state index in [4.69, 9.17) is 15.7 Å². The summed E-state index contributed by atoms with van der Waals surface area (Å²) in [5.74, 6) is -0.269. The molecule has 0 spiro atoms. The molecule has 4 nitrogen and oxygen atoms in total. The Morgan fingerprint density at radius 1 is 1.32 bits per heavy atom. The normalized spacial score (nSPS) is 11.6. The molecule has 0 amide bonds. The van der Waals surface area contributed by atoms with E-state index < -0.39 is 5.82 Å². The second kappa shape index (κ2) is 5.94. The molecule has 1 aromatic heterocycles. The van der Waals surface area contributed by atoms with Gasteiger partial charge in [0.05, 0.1) is 5.56 Å². The molecule has 0 saturated carbocycles. The Morgan fingerprint density at radius 2 is 2.05 bits per heavy atom. The van der Waals surface area contributed by atoms with E-state index in [-0.39, 0.29) is 18.2 Å². The highest BCUT2D eigenvalue weighted by molar-refractivity contribution is 5.36. The maximum atomic E-state index is 13.5. The second-order valence-electron chi connectivity index (χ2n) is 3.88. The molecule has 2 rings (SSSR count). The van der Waals surface area contributed by atoms with E-state index in [9.17, 15) is 4.39 Å². The lowest BCUT2D eigenvalue weighted by Gasteiger charge is -2.17. The van der Waals surface area contributed by atoms with Gasteiger partial charge in [0, 0.05) is 25.0 Å². The third-order valence-corrected chi connectivity index (χ3v) is 2.63.